The van der Waals surface area contributed by atoms with E-state index in [-0.39, 0.29) is 17.9 Å². The van der Waals surface area contributed by atoms with Gasteiger partial charge in [-0.15, -0.1) is 0 Å². The Morgan fingerprint density at radius 3 is 2.71 bits per heavy atom. The number of nitrogens with zero attached hydrogens (tertiary/aromatic N) is 4. The molecule has 9 nitrogen and oxygen atoms in total. The van der Waals surface area contributed by atoms with Gasteiger partial charge in [0.15, 0.2) is 5.82 Å². The van der Waals surface area contributed by atoms with Gasteiger partial charge in [0.25, 0.3) is 0 Å². The van der Waals surface area contributed by atoms with Gasteiger partial charge in [-0.1, -0.05) is 37.7 Å². The Hall–Kier alpha value is -3.24. The maximum atomic E-state index is 11.3. The molecule has 1 aliphatic heterocycles. The molecule has 4 N–H and O–H groups in total. The lowest BCUT2D eigenvalue weighted by molar-refractivity contribution is -0.119. The zero-order chi connectivity index (χ0) is 24.9. The van der Waals surface area contributed by atoms with Gasteiger partial charge >= 0.3 is 0 Å². The Labute approximate surface area is 209 Å². The first-order valence-corrected chi connectivity index (χ1v) is 12.6. The van der Waals surface area contributed by atoms with Crippen molar-refractivity contribution in [3.05, 3.63) is 54.0 Å². The molecule has 3 aromatic rings. The topological polar surface area (TPSA) is 122 Å². The monoisotopic (exact) mass is 492 g/mol. The predicted molar refractivity (Wildman–Crippen MR) is 142 cm³/mol. The van der Waals surface area contributed by atoms with Crippen molar-refractivity contribution >= 4 is 44.8 Å². The number of piperidine rings is 1. The van der Waals surface area contributed by atoms with Crippen molar-refractivity contribution < 1.29 is 4.79 Å². The number of benzene rings is 1. The second-order valence-electron chi connectivity index (χ2n) is 9.15. The number of thioether (sulfide) groups is 1. The first kappa shape index (κ1) is 24.9. The van der Waals surface area contributed by atoms with Crippen molar-refractivity contribution in [3.8, 4) is 0 Å². The summed E-state index contributed by atoms with van der Waals surface area (Å²) < 4.78 is 1.83. The minimum atomic E-state index is 0.0331. The van der Waals surface area contributed by atoms with E-state index in [9.17, 15) is 4.79 Å². The van der Waals surface area contributed by atoms with Crippen LogP contribution in [0.1, 0.15) is 44.7 Å². The van der Waals surface area contributed by atoms with Crippen LogP contribution in [0.5, 0.6) is 0 Å². The van der Waals surface area contributed by atoms with Gasteiger partial charge < -0.3 is 10.6 Å². The van der Waals surface area contributed by atoms with Crippen LogP contribution < -0.4 is 10.6 Å². The van der Waals surface area contributed by atoms with E-state index in [0.717, 1.165) is 54.8 Å². The molecule has 10 heteroatoms. The fourth-order valence-corrected chi connectivity index (χ4v) is 4.86. The molecule has 0 aliphatic carbocycles. The van der Waals surface area contributed by atoms with Gasteiger partial charge in [-0.3, -0.25) is 20.5 Å². The predicted octanol–water partition coefficient (Wildman–Crippen LogP) is 4.27. The second-order valence-corrected chi connectivity index (χ2v) is 10.2. The normalized spacial score (nSPS) is 14.9. The van der Waals surface area contributed by atoms with Crippen molar-refractivity contribution in [3.63, 3.8) is 0 Å². The summed E-state index contributed by atoms with van der Waals surface area (Å²) in [6, 6.07) is 9.98. The molecule has 1 amide bonds. The zero-order valence-electron chi connectivity index (χ0n) is 20.3. The van der Waals surface area contributed by atoms with Gasteiger partial charge in [0.05, 0.1) is 5.04 Å². The number of carbonyl (C=O) groups is 1. The van der Waals surface area contributed by atoms with Gasteiger partial charge in [0.1, 0.15) is 16.9 Å². The second kappa shape index (κ2) is 11.0. The van der Waals surface area contributed by atoms with E-state index in [2.05, 4.69) is 31.7 Å². The van der Waals surface area contributed by atoms with Crippen LogP contribution in [-0.4, -0.2) is 54.6 Å². The minimum Gasteiger partial charge on any atom is -0.354 e. The Bertz CT molecular complexity index is 1230. The van der Waals surface area contributed by atoms with Crippen LogP contribution in [0.4, 0.5) is 11.5 Å². The fraction of sp³-hybridized carbons (Fsp3) is 0.400. The first-order chi connectivity index (χ1) is 16.8. The molecule has 0 atom stereocenters. The van der Waals surface area contributed by atoms with E-state index >= 15 is 0 Å². The number of aromatic nitrogens is 3. The summed E-state index contributed by atoms with van der Waals surface area (Å²) in [5, 5.41) is 28.1. The summed E-state index contributed by atoms with van der Waals surface area (Å²) >= 11 is 1.19. The number of amides is 1. The van der Waals surface area contributed by atoms with E-state index in [1.807, 2.05) is 48.8 Å². The molecular weight excluding hydrogens is 460 g/mol. The summed E-state index contributed by atoms with van der Waals surface area (Å²) in [7, 11) is 0. The van der Waals surface area contributed by atoms with Gasteiger partial charge in [-0.25, -0.2) is 9.50 Å². The number of carbonyl (C=O) groups excluding carboxylic acids is 1. The van der Waals surface area contributed by atoms with Crippen molar-refractivity contribution in [2.45, 2.75) is 46.2 Å². The smallest absolute Gasteiger partial charge is 0.217 e. The van der Waals surface area contributed by atoms with Crippen LogP contribution >= 0.6 is 11.8 Å². The molecule has 4 rings (SSSR count). The third kappa shape index (κ3) is 6.26. The van der Waals surface area contributed by atoms with Gasteiger partial charge in [0, 0.05) is 56.0 Å². The van der Waals surface area contributed by atoms with Crippen molar-refractivity contribution in [1.29, 1.82) is 10.8 Å². The van der Waals surface area contributed by atoms with Gasteiger partial charge in [-0.05, 0) is 36.6 Å². The quantitative estimate of drug-likeness (QED) is 0.289. The van der Waals surface area contributed by atoms with E-state index in [1.54, 1.807) is 6.92 Å². The summed E-state index contributed by atoms with van der Waals surface area (Å²) in [6.07, 6.45) is 5.36. The van der Waals surface area contributed by atoms with E-state index in [1.165, 1.54) is 18.1 Å². The summed E-state index contributed by atoms with van der Waals surface area (Å²) in [4.78, 5) is 18.3. The third-order valence-electron chi connectivity index (χ3n) is 6.05. The average molecular weight is 493 g/mol. The standard InChI is InChI=1S/C25H32N8OS/c1-16(2)23(26)35-24(27)18-5-4-6-21(13-18)31-25-22-19(7-12-33(22)29-15-28-25)14-32-10-8-20(9-11-32)30-17(3)34/h4-7,12-13,15-16,20,26-27H,8-11,14H2,1-3H3,(H,30,34)(H,28,29,31). The molecule has 184 valence electrons. The zero-order valence-corrected chi connectivity index (χ0v) is 21.2. The molecule has 0 unspecified atom stereocenters. The lowest BCUT2D eigenvalue weighted by atomic mass is 10.0. The lowest BCUT2D eigenvalue weighted by Gasteiger charge is -2.32. The highest BCUT2D eigenvalue weighted by atomic mass is 32.2. The van der Waals surface area contributed by atoms with Crippen LogP contribution in [0.25, 0.3) is 5.52 Å². The number of rotatable bonds is 7. The van der Waals surface area contributed by atoms with E-state index < -0.39 is 0 Å². The number of hydrogen-bond donors (Lipinski definition) is 4. The Morgan fingerprint density at radius 1 is 1.23 bits per heavy atom. The SMILES string of the molecule is CC(=O)NC1CCN(Cc2ccn3ncnc(Nc4cccc(C(=N)SC(=N)C(C)C)c4)c23)CC1. The van der Waals surface area contributed by atoms with Crippen molar-refractivity contribution in [2.75, 3.05) is 18.4 Å². The molecule has 1 saturated heterocycles. The Balaban J connectivity index is 1.49. The lowest BCUT2D eigenvalue weighted by Crippen LogP contribution is -2.43. The maximum absolute atomic E-state index is 11.3. The number of likely N-dealkylation sites (tertiary alicyclic amines) is 1. The number of anilines is 2. The summed E-state index contributed by atoms with van der Waals surface area (Å²) in [5.74, 6) is 0.838. The molecule has 0 radical (unpaired) electrons. The third-order valence-corrected chi connectivity index (χ3v) is 7.18. The van der Waals surface area contributed by atoms with Crippen LogP contribution in [0, 0.1) is 16.7 Å². The molecular formula is C25H32N8OS. The van der Waals surface area contributed by atoms with Gasteiger partial charge in [-0.2, -0.15) is 5.10 Å². The number of hydrogen-bond acceptors (Lipinski definition) is 8. The molecule has 35 heavy (non-hydrogen) atoms. The summed E-state index contributed by atoms with van der Waals surface area (Å²) in [6.45, 7) is 8.12. The molecule has 0 bridgehead atoms. The van der Waals surface area contributed by atoms with Gasteiger partial charge in [0.2, 0.25) is 5.91 Å². The molecule has 0 saturated carbocycles. The maximum Gasteiger partial charge on any atom is 0.217 e. The average Bonchev–Trinajstić information content (AvgIpc) is 3.24. The number of nitrogens with one attached hydrogen (secondary N) is 4. The molecule has 3 heterocycles. The highest BCUT2D eigenvalue weighted by Crippen LogP contribution is 2.26. The van der Waals surface area contributed by atoms with E-state index in [4.69, 9.17) is 10.8 Å². The minimum absolute atomic E-state index is 0.0331. The molecule has 1 fully saturated rings. The van der Waals surface area contributed by atoms with E-state index in [0.29, 0.717) is 15.9 Å². The highest BCUT2D eigenvalue weighted by Gasteiger charge is 2.21. The molecule has 1 aromatic carbocycles. The van der Waals surface area contributed by atoms with Crippen LogP contribution in [0.2, 0.25) is 0 Å². The van der Waals surface area contributed by atoms with Crippen LogP contribution in [-0.2, 0) is 11.3 Å². The van der Waals surface area contributed by atoms with Crippen molar-refractivity contribution in [1.82, 2.24) is 24.8 Å². The molecule has 1 aliphatic rings. The Kier molecular flexibility index (Phi) is 7.82. The largest absolute Gasteiger partial charge is 0.354 e. The van der Waals surface area contributed by atoms with Crippen molar-refractivity contribution in [2.24, 2.45) is 5.92 Å². The molecule has 2 aromatic heterocycles. The summed E-state index contributed by atoms with van der Waals surface area (Å²) in [5.41, 5.74) is 3.64. The first-order valence-electron chi connectivity index (χ1n) is 11.8. The Morgan fingerprint density at radius 2 is 2.00 bits per heavy atom. The highest BCUT2D eigenvalue weighted by molar-refractivity contribution is 8.26. The van der Waals surface area contributed by atoms with Crippen LogP contribution in [0.15, 0.2) is 42.9 Å². The molecule has 0 spiro atoms. The fourth-order valence-electron chi connectivity index (χ4n) is 4.16. The number of fused-ring (bicyclic) bond motifs is 1. The van der Waals surface area contributed by atoms with Crippen LogP contribution in [0.3, 0.4) is 0 Å².